The van der Waals surface area contributed by atoms with Gasteiger partial charge in [0.25, 0.3) is 0 Å². The Kier molecular flexibility index (Phi) is 2.18. The number of nitrogens with zero attached hydrogens (tertiary/aromatic N) is 2. The Bertz CT molecular complexity index is 233. The van der Waals surface area contributed by atoms with Crippen LogP contribution in [0.2, 0.25) is 0 Å². The highest BCUT2D eigenvalue weighted by atomic mass is 16.5. The average molecular weight is 165 g/mol. The number of nitrogens with one attached hydrogen (secondary N) is 1. The monoisotopic (exact) mass is 165 g/mol. The van der Waals surface area contributed by atoms with Crippen molar-refractivity contribution < 1.29 is 4.74 Å². The van der Waals surface area contributed by atoms with Gasteiger partial charge >= 0.3 is 0 Å². The molecule has 0 amide bonds. The molecule has 1 aliphatic rings. The third-order valence-electron chi connectivity index (χ3n) is 1.85. The smallest absolute Gasteiger partial charge is 0.233 e. The van der Waals surface area contributed by atoms with Gasteiger partial charge in [0.2, 0.25) is 5.88 Å². The maximum atomic E-state index is 5.54. The predicted molar refractivity (Wildman–Crippen MR) is 43.9 cm³/mol. The molecule has 0 aliphatic carbocycles. The van der Waals surface area contributed by atoms with Gasteiger partial charge in [0.05, 0.1) is 0 Å². The highest BCUT2D eigenvalue weighted by molar-refractivity contribution is 5.06. The van der Waals surface area contributed by atoms with Crippen LogP contribution in [0, 0.1) is 0 Å². The molecule has 12 heavy (non-hydrogen) atoms. The molecular weight excluding hydrogens is 154 g/mol. The van der Waals surface area contributed by atoms with E-state index in [9.17, 15) is 0 Å². The molecule has 2 heterocycles. The molecule has 1 fully saturated rings. The van der Waals surface area contributed by atoms with E-state index < -0.39 is 0 Å². The fourth-order valence-electron chi connectivity index (χ4n) is 1.25. The zero-order chi connectivity index (χ0) is 8.23. The number of hydrogen-bond acceptors (Lipinski definition) is 4. The first-order valence-corrected chi connectivity index (χ1v) is 4.10. The van der Waals surface area contributed by atoms with Gasteiger partial charge in [0.1, 0.15) is 6.10 Å². The fraction of sp³-hybridized carbons (Fsp3) is 0.500. The molecular formula is C8H11N3O. The van der Waals surface area contributed by atoms with Crippen LogP contribution < -0.4 is 10.1 Å². The Balaban J connectivity index is 1.94. The number of ether oxygens (including phenoxy) is 1. The van der Waals surface area contributed by atoms with Crippen LogP contribution in [0.3, 0.4) is 0 Å². The molecule has 4 nitrogen and oxygen atoms in total. The summed E-state index contributed by atoms with van der Waals surface area (Å²) in [4.78, 5) is 0. The summed E-state index contributed by atoms with van der Waals surface area (Å²) in [6.07, 6.45) is 2.96. The van der Waals surface area contributed by atoms with Crippen LogP contribution in [0.1, 0.15) is 6.42 Å². The molecule has 1 saturated heterocycles. The first-order chi connectivity index (χ1) is 5.95. The molecule has 1 N–H and O–H groups in total. The minimum Gasteiger partial charge on any atom is -0.472 e. The average Bonchev–Trinajstić information content (AvgIpc) is 2.59. The Morgan fingerprint density at radius 3 is 3.25 bits per heavy atom. The highest BCUT2D eigenvalue weighted by Gasteiger charge is 2.15. The van der Waals surface area contributed by atoms with E-state index in [1.54, 1.807) is 6.20 Å². The van der Waals surface area contributed by atoms with Crippen LogP contribution in [-0.2, 0) is 0 Å². The van der Waals surface area contributed by atoms with E-state index in [2.05, 4.69) is 15.5 Å². The summed E-state index contributed by atoms with van der Waals surface area (Å²) in [6.45, 7) is 1.95. The van der Waals surface area contributed by atoms with Crippen LogP contribution in [0.25, 0.3) is 0 Å². The summed E-state index contributed by atoms with van der Waals surface area (Å²) < 4.78 is 5.54. The molecule has 2 rings (SSSR count). The molecule has 1 aliphatic heterocycles. The van der Waals surface area contributed by atoms with Crippen molar-refractivity contribution >= 4 is 0 Å². The van der Waals surface area contributed by atoms with Crippen molar-refractivity contribution in [3.8, 4) is 5.88 Å². The van der Waals surface area contributed by atoms with Gasteiger partial charge < -0.3 is 10.1 Å². The molecule has 0 aromatic carbocycles. The maximum Gasteiger partial charge on any atom is 0.233 e. The van der Waals surface area contributed by atoms with Gasteiger partial charge in [-0.2, -0.15) is 5.10 Å². The van der Waals surface area contributed by atoms with Gasteiger partial charge in [0, 0.05) is 18.8 Å². The lowest BCUT2D eigenvalue weighted by molar-refractivity contribution is 0.211. The zero-order valence-corrected chi connectivity index (χ0v) is 6.73. The van der Waals surface area contributed by atoms with E-state index in [4.69, 9.17) is 4.74 Å². The molecule has 64 valence electrons. The lowest BCUT2D eigenvalue weighted by Gasteiger charge is -2.09. The summed E-state index contributed by atoms with van der Waals surface area (Å²) in [6, 6.07) is 3.65. The van der Waals surface area contributed by atoms with Crippen molar-refractivity contribution in [2.24, 2.45) is 0 Å². The van der Waals surface area contributed by atoms with Gasteiger partial charge in [-0.3, -0.25) is 0 Å². The lowest BCUT2D eigenvalue weighted by atomic mass is 10.3. The van der Waals surface area contributed by atoms with Crippen molar-refractivity contribution in [1.82, 2.24) is 15.5 Å². The lowest BCUT2D eigenvalue weighted by Crippen LogP contribution is -2.20. The quantitative estimate of drug-likeness (QED) is 0.681. The first-order valence-electron chi connectivity index (χ1n) is 4.10. The van der Waals surface area contributed by atoms with Gasteiger partial charge in [0.15, 0.2) is 0 Å². The molecule has 1 atom stereocenters. The minimum absolute atomic E-state index is 0.265. The number of aromatic nitrogens is 2. The van der Waals surface area contributed by atoms with Crippen molar-refractivity contribution in [2.75, 3.05) is 13.1 Å². The van der Waals surface area contributed by atoms with Crippen molar-refractivity contribution in [3.63, 3.8) is 0 Å². The van der Waals surface area contributed by atoms with E-state index in [-0.39, 0.29) is 6.10 Å². The standard InChI is InChI=1S/C8H11N3O/c1-2-8(11-10-4-1)12-7-3-5-9-6-7/h1-2,4,7,9H,3,5-6H2/t7-/m0/s1. The van der Waals surface area contributed by atoms with Gasteiger partial charge in [-0.1, -0.05) is 0 Å². The summed E-state index contributed by atoms with van der Waals surface area (Å²) >= 11 is 0. The molecule has 1 aromatic heterocycles. The molecule has 4 heteroatoms. The normalized spacial score (nSPS) is 22.5. The van der Waals surface area contributed by atoms with E-state index in [0.29, 0.717) is 5.88 Å². The van der Waals surface area contributed by atoms with Gasteiger partial charge in [-0.05, 0) is 19.0 Å². The van der Waals surface area contributed by atoms with Gasteiger partial charge in [-0.25, -0.2) is 0 Å². The second-order valence-corrected chi connectivity index (χ2v) is 2.79. The Labute approximate surface area is 71.0 Å². The van der Waals surface area contributed by atoms with Gasteiger partial charge in [-0.15, -0.1) is 5.10 Å². The SMILES string of the molecule is c1cnnc(O[C@H]2CCNC2)c1. The Morgan fingerprint density at radius 1 is 1.58 bits per heavy atom. The van der Waals surface area contributed by atoms with Crippen molar-refractivity contribution in [1.29, 1.82) is 0 Å². The molecule has 0 radical (unpaired) electrons. The molecule has 0 spiro atoms. The Hall–Kier alpha value is -1.16. The highest BCUT2D eigenvalue weighted by Crippen LogP contribution is 2.09. The fourth-order valence-corrected chi connectivity index (χ4v) is 1.25. The molecule has 0 bridgehead atoms. The second-order valence-electron chi connectivity index (χ2n) is 2.79. The van der Waals surface area contributed by atoms with Crippen molar-refractivity contribution in [2.45, 2.75) is 12.5 Å². The van der Waals surface area contributed by atoms with Crippen LogP contribution in [-0.4, -0.2) is 29.4 Å². The summed E-state index contributed by atoms with van der Waals surface area (Å²) in [5.41, 5.74) is 0. The van der Waals surface area contributed by atoms with Crippen molar-refractivity contribution in [3.05, 3.63) is 18.3 Å². The summed E-state index contributed by atoms with van der Waals surface area (Å²) in [5.74, 6) is 0.617. The zero-order valence-electron chi connectivity index (χ0n) is 6.73. The van der Waals surface area contributed by atoms with Crippen LogP contribution in [0.4, 0.5) is 0 Å². The van der Waals surface area contributed by atoms with Crippen LogP contribution >= 0.6 is 0 Å². The number of rotatable bonds is 2. The third-order valence-corrected chi connectivity index (χ3v) is 1.85. The molecule has 1 aromatic rings. The van der Waals surface area contributed by atoms with Crippen LogP contribution in [0.5, 0.6) is 5.88 Å². The second kappa shape index (κ2) is 3.49. The predicted octanol–water partition coefficient (Wildman–Crippen LogP) is 0.217. The number of hydrogen-bond donors (Lipinski definition) is 1. The third kappa shape index (κ3) is 1.71. The molecule has 0 unspecified atom stereocenters. The first kappa shape index (κ1) is 7.49. The molecule has 0 saturated carbocycles. The van der Waals surface area contributed by atoms with Crippen LogP contribution in [0.15, 0.2) is 18.3 Å². The largest absolute Gasteiger partial charge is 0.472 e. The topological polar surface area (TPSA) is 47.0 Å². The van der Waals surface area contributed by atoms with E-state index in [0.717, 1.165) is 19.5 Å². The minimum atomic E-state index is 0.265. The summed E-state index contributed by atoms with van der Waals surface area (Å²) in [5, 5.41) is 10.8. The summed E-state index contributed by atoms with van der Waals surface area (Å²) in [7, 11) is 0. The van der Waals surface area contributed by atoms with E-state index >= 15 is 0 Å². The van der Waals surface area contributed by atoms with E-state index in [1.165, 1.54) is 0 Å². The maximum absolute atomic E-state index is 5.54. The van der Waals surface area contributed by atoms with E-state index in [1.807, 2.05) is 12.1 Å². The Morgan fingerprint density at radius 2 is 2.58 bits per heavy atom.